The Hall–Kier alpha value is -0.690. The van der Waals surface area contributed by atoms with E-state index in [0.29, 0.717) is 0 Å². The van der Waals surface area contributed by atoms with Crippen molar-refractivity contribution in [2.24, 2.45) is 0 Å². The normalized spacial score (nSPS) is 20.7. The molecule has 0 aliphatic heterocycles. The fourth-order valence-electron chi connectivity index (χ4n) is 1.58. The Kier molecular flexibility index (Phi) is 5.34. The Labute approximate surface area is 94.9 Å². The van der Waals surface area contributed by atoms with Gasteiger partial charge in [-0.2, -0.15) is 0 Å². The van der Waals surface area contributed by atoms with E-state index < -0.39 is 23.9 Å². The van der Waals surface area contributed by atoms with Crippen molar-refractivity contribution in [3.63, 3.8) is 0 Å². The molecule has 0 aliphatic rings. The molecule has 96 valence electrons. The van der Waals surface area contributed by atoms with Crippen LogP contribution in [0.5, 0.6) is 0 Å². The molecule has 5 N–H and O–H groups in total. The Morgan fingerprint density at radius 1 is 1.38 bits per heavy atom. The van der Waals surface area contributed by atoms with E-state index in [1.807, 2.05) is 0 Å². The minimum atomic E-state index is -1.65. The second-order valence-electron chi connectivity index (χ2n) is 4.58. The van der Waals surface area contributed by atoms with Crippen molar-refractivity contribution in [2.75, 3.05) is 13.7 Å². The van der Waals surface area contributed by atoms with Crippen LogP contribution >= 0.6 is 0 Å². The molecule has 0 rings (SSSR count). The summed E-state index contributed by atoms with van der Waals surface area (Å²) in [6.45, 7) is 2.08. The van der Waals surface area contributed by atoms with Crippen molar-refractivity contribution < 1.29 is 25.2 Å². The molecule has 16 heavy (non-hydrogen) atoms. The quantitative estimate of drug-likeness (QED) is 0.379. The topological polar surface area (TPSA) is 110 Å². The number of hydrogen-bond donors (Lipinski definition) is 5. The summed E-state index contributed by atoms with van der Waals surface area (Å²) < 4.78 is 0. The summed E-state index contributed by atoms with van der Waals surface area (Å²) in [6.07, 6.45) is -1.75. The van der Waals surface area contributed by atoms with Crippen molar-refractivity contribution in [2.45, 2.75) is 44.0 Å². The summed E-state index contributed by atoms with van der Waals surface area (Å²) in [7, 11) is 1.44. The molecule has 0 heterocycles. The molecule has 3 atom stereocenters. The summed E-state index contributed by atoms with van der Waals surface area (Å²) in [5.74, 6) is -0.362. The molecule has 0 saturated carbocycles. The number of aliphatic hydroxyl groups excluding tert-OH is 2. The van der Waals surface area contributed by atoms with Crippen molar-refractivity contribution >= 4 is 5.91 Å². The van der Waals surface area contributed by atoms with Gasteiger partial charge in [0.25, 0.3) is 0 Å². The summed E-state index contributed by atoms with van der Waals surface area (Å²) in [5, 5.41) is 40.1. The predicted octanol–water partition coefficient (Wildman–Crippen LogP) is -1.63. The Morgan fingerprint density at radius 3 is 2.25 bits per heavy atom. The Morgan fingerprint density at radius 2 is 1.88 bits per heavy atom. The zero-order chi connectivity index (χ0) is 13.0. The number of amides is 1. The molecule has 1 amide bonds. The molecule has 3 unspecified atom stereocenters. The molecule has 0 bridgehead atoms. The lowest BCUT2D eigenvalue weighted by molar-refractivity contribution is -0.137. The first-order chi connectivity index (χ1) is 7.14. The molecule has 6 heteroatoms. The maximum absolute atomic E-state index is 11.1. The van der Waals surface area contributed by atoms with Crippen molar-refractivity contribution in [1.82, 2.24) is 5.32 Å². The minimum absolute atomic E-state index is 0.183. The van der Waals surface area contributed by atoms with Crippen LogP contribution < -0.4 is 5.32 Å². The average Bonchev–Trinajstić information content (AvgIpc) is 2.13. The molecular formula is C10H21NO5. The zero-order valence-corrected chi connectivity index (χ0v) is 9.90. The zero-order valence-electron chi connectivity index (χ0n) is 9.90. The summed E-state index contributed by atoms with van der Waals surface area (Å²) in [4.78, 5) is 11.1. The lowest BCUT2D eigenvalue weighted by Gasteiger charge is -2.34. The van der Waals surface area contributed by atoms with Crippen LogP contribution in [0.4, 0.5) is 0 Å². The highest BCUT2D eigenvalue weighted by atomic mass is 16.4. The lowest BCUT2D eigenvalue weighted by atomic mass is 9.84. The van der Waals surface area contributed by atoms with Gasteiger partial charge in [0.1, 0.15) is 6.10 Å². The highest BCUT2D eigenvalue weighted by molar-refractivity contribution is 5.76. The average molecular weight is 235 g/mol. The third-order valence-electron chi connectivity index (χ3n) is 2.45. The molecule has 0 radical (unpaired) electrons. The van der Waals surface area contributed by atoms with Gasteiger partial charge in [-0.3, -0.25) is 4.79 Å². The molecular weight excluding hydrogens is 214 g/mol. The SMILES string of the molecule is CNC(=O)CC(C)(O)CC(C)(O)C(O)CO. The smallest absolute Gasteiger partial charge is 0.222 e. The van der Waals surface area contributed by atoms with Gasteiger partial charge < -0.3 is 25.7 Å². The van der Waals surface area contributed by atoms with Crippen molar-refractivity contribution in [3.8, 4) is 0 Å². The molecule has 6 nitrogen and oxygen atoms in total. The first kappa shape index (κ1) is 15.3. The van der Waals surface area contributed by atoms with Crippen molar-refractivity contribution in [3.05, 3.63) is 0 Å². The van der Waals surface area contributed by atoms with E-state index in [9.17, 15) is 20.1 Å². The number of carbonyl (C=O) groups excluding carboxylic acids is 1. The Bertz CT molecular complexity index is 239. The first-order valence-electron chi connectivity index (χ1n) is 5.09. The summed E-state index contributed by atoms with van der Waals surface area (Å²) in [6, 6.07) is 0. The monoisotopic (exact) mass is 235 g/mol. The van der Waals surface area contributed by atoms with Crippen LogP contribution in [0.3, 0.4) is 0 Å². The third-order valence-corrected chi connectivity index (χ3v) is 2.45. The van der Waals surface area contributed by atoms with Gasteiger partial charge in [-0.15, -0.1) is 0 Å². The molecule has 0 aliphatic carbocycles. The summed E-state index contributed by atoms with van der Waals surface area (Å²) >= 11 is 0. The molecule has 0 fully saturated rings. The number of rotatable bonds is 6. The van der Waals surface area contributed by atoms with E-state index >= 15 is 0 Å². The maximum Gasteiger partial charge on any atom is 0.222 e. The van der Waals surface area contributed by atoms with E-state index in [1.54, 1.807) is 0 Å². The van der Waals surface area contributed by atoms with Gasteiger partial charge in [0.2, 0.25) is 5.91 Å². The van der Waals surface area contributed by atoms with Gasteiger partial charge in [-0.1, -0.05) is 0 Å². The third kappa shape index (κ3) is 4.89. The lowest BCUT2D eigenvalue weighted by Crippen LogP contribution is -2.48. The summed E-state index contributed by atoms with van der Waals surface area (Å²) in [5.41, 5.74) is -3.09. The second-order valence-corrected chi connectivity index (χ2v) is 4.58. The van der Waals surface area contributed by atoms with Gasteiger partial charge in [0, 0.05) is 13.5 Å². The van der Waals surface area contributed by atoms with Gasteiger partial charge in [0.05, 0.1) is 24.2 Å². The van der Waals surface area contributed by atoms with Crippen LogP contribution in [0.1, 0.15) is 26.7 Å². The maximum atomic E-state index is 11.1. The van der Waals surface area contributed by atoms with Crippen LogP contribution in [-0.2, 0) is 4.79 Å². The van der Waals surface area contributed by atoms with Crippen LogP contribution in [0, 0.1) is 0 Å². The highest BCUT2D eigenvalue weighted by Crippen LogP contribution is 2.26. The molecule has 0 saturated heterocycles. The van der Waals surface area contributed by atoms with Gasteiger partial charge in [-0.05, 0) is 13.8 Å². The number of hydrogen-bond acceptors (Lipinski definition) is 5. The predicted molar refractivity (Wildman–Crippen MR) is 57.6 cm³/mol. The standard InChI is InChI=1S/C10H21NO5/c1-9(15,4-8(14)11-3)6-10(2,16)7(13)5-12/h7,12-13,15-16H,4-6H2,1-3H3,(H,11,14). The fourth-order valence-corrected chi connectivity index (χ4v) is 1.58. The van der Waals surface area contributed by atoms with E-state index in [2.05, 4.69) is 5.32 Å². The van der Waals surface area contributed by atoms with Crippen LogP contribution in [0.2, 0.25) is 0 Å². The first-order valence-corrected chi connectivity index (χ1v) is 5.09. The van der Waals surface area contributed by atoms with Crippen LogP contribution in [0.15, 0.2) is 0 Å². The Balaban J connectivity index is 4.50. The number of nitrogens with one attached hydrogen (secondary N) is 1. The molecule has 0 spiro atoms. The van der Waals surface area contributed by atoms with E-state index in [0.717, 1.165) is 0 Å². The fraction of sp³-hybridized carbons (Fsp3) is 0.900. The number of carbonyl (C=O) groups is 1. The van der Waals surface area contributed by atoms with Crippen molar-refractivity contribution in [1.29, 1.82) is 0 Å². The van der Waals surface area contributed by atoms with Crippen LogP contribution in [-0.4, -0.2) is 57.3 Å². The molecule has 0 aromatic carbocycles. The van der Waals surface area contributed by atoms with E-state index in [4.69, 9.17) is 5.11 Å². The largest absolute Gasteiger partial charge is 0.394 e. The van der Waals surface area contributed by atoms with E-state index in [1.165, 1.54) is 20.9 Å². The van der Waals surface area contributed by atoms with Gasteiger partial charge in [0.15, 0.2) is 0 Å². The molecule has 0 aromatic heterocycles. The highest BCUT2D eigenvalue weighted by Gasteiger charge is 2.38. The minimum Gasteiger partial charge on any atom is -0.394 e. The van der Waals surface area contributed by atoms with E-state index in [-0.39, 0.29) is 18.7 Å². The number of aliphatic hydroxyl groups is 4. The van der Waals surface area contributed by atoms with Gasteiger partial charge >= 0.3 is 0 Å². The van der Waals surface area contributed by atoms with Gasteiger partial charge in [-0.25, -0.2) is 0 Å². The molecule has 0 aromatic rings. The second kappa shape index (κ2) is 5.58. The van der Waals surface area contributed by atoms with Crippen LogP contribution in [0.25, 0.3) is 0 Å².